The summed E-state index contributed by atoms with van der Waals surface area (Å²) in [5.74, 6) is -0.180. The zero-order valence-corrected chi connectivity index (χ0v) is 12.6. The van der Waals surface area contributed by atoms with Crippen LogP contribution in [0.5, 0.6) is 5.75 Å². The highest BCUT2D eigenvalue weighted by Crippen LogP contribution is 2.20. The van der Waals surface area contributed by atoms with Crippen molar-refractivity contribution in [3.63, 3.8) is 0 Å². The van der Waals surface area contributed by atoms with E-state index in [9.17, 15) is 9.90 Å². The lowest BCUT2D eigenvalue weighted by Crippen LogP contribution is -2.34. The van der Waals surface area contributed by atoms with Gasteiger partial charge in [-0.25, -0.2) is 0 Å². The Bertz CT molecular complexity index is 928. The normalized spacial score (nSPS) is 14.8. The van der Waals surface area contributed by atoms with E-state index in [4.69, 9.17) is 0 Å². The van der Waals surface area contributed by atoms with E-state index in [-0.39, 0.29) is 11.2 Å². The van der Waals surface area contributed by atoms with Gasteiger partial charge in [0.1, 0.15) is 0 Å². The highest BCUT2D eigenvalue weighted by atomic mass is 16.3. The Morgan fingerprint density at radius 2 is 2.04 bits per heavy atom. The molecular weight excluding hydrogens is 290 g/mol. The first kappa shape index (κ1) is 14.0. The van der Waals surface area contributed by atoms with Crippen molar-refractivity contribution in [2.45, 2.75) is 19.6 Å². The van der Waals surface area contributed by atoms with Crippen molar-refractivity contribution in [1.82, 2.24) is 14.5 Å². The summed E-state index contributed by atoms with van der Waals surface area (Å²) >= 11 is 0. The molecule has 1 aromatic carbocycles. The summed E-state index contributed by atoms with van der Waals surface area (Å²) in [6.07, 6.45) is 3.36. The largest absolute Gasteiger partial charge is 0.503 e. The Morgan fingerprint density at radius 3 is 2.96 bits per heavy atom. The molecule has 0 aliphatic carbocycles. The second-order valence-electron chi connectivity index (χ2n) is 5.91. The molecule has 0 radical (unpaired) electrons. The van der Waals surface area contributed by atoms with E-state index in [1.54, 1.807) is 0 Å². The molecule has 0 fully saturated rings. The maximum absolute atomic E-state index is 11.6. The van der Waals surface area contributed by atoms with Crippen molar-refractivity contribution in [3.05, 3.63) is 70.3 Å². The molecule has 0 spiro atoms. The topological polar surface area (TPSA) is 58.4 Å². The lowest BCUT2D eigenvalue weighted by atomic mass is 10.1. The summed E-state index contributed by atoms with van der Waals surface area (Å²) < 4.78 is 1.95. The van der Waals surface area contributed by atoms with E-state index >= 15 is 0 Å². The monoisotopic (exact) mass is 307 g/mol. The van der Waals surface area contributed by atoms with Gasteiger partial charge in [0, 0.05) is 49.5 Å². The summed E-state index contributed by atoms with van der Waals surface area (Å²) in [5.41, 5.74) is 2.85. The molecule has 0 bridgehead atoms. The minimum atomic E-state index is -0.315. The van der Waals surface area contributed by atoms with Crippen LogP contribution in [-0.4, -0.2) is 26.1 Å². The smallest absolute Gasteiger partial charge is 0.223 e. The van der Waals surface area contributed by atoms with Gasteiger partial charge in [0.2, 0.25) is 5.43 Å². The zero-order valence-electron chi connectivity index (χ0n) is 12.6. The molecular formula is C18H17N3O2. The van der Waals surface area contributed by atoms with Crippen LogP contribution in [0.3, 0.4) is 0 Å². The van der Waals surface area contributed by atoms with Crippen LogP contribution in [0.4, 0.5) is 0 Å². The van der Waals surface area contributed by atoms with Gasteiger partial charge in [0.25, 0.3) is 0 Å². The number of hydrogen-bond donors (Lipinski definition) is 1. The van der Waals surface area contributed by atoms with Crippen LogP contribution in [0.25, 0.3) is 10.9 Å². The fourth-order valence-electron chi connectivity index (χ4n) is 3.18. The molecule has 3 aromatic rings. The van der Waals surface area contributed by atoms with Crippen molar-refractivity contribution in [2.24, 2.45) is 0 Å². The van der Waals surface area contributed by atoms with Crippen molar-refractivity contribution < 1.29 is 5.11 Å². The van der Waals surface area contributed by atoms with Gasteiger partial charge in [-0.15, -0.1) is 0 Å². The third kappa shape index (κ3) is 2.59. The van der Waals surface area contributed by atoms with E-state index in [0.29, 0.717) is 6.54 Å². The summed E-state index contributed by atoms with van der Waals surface area (Å²) in [7, 11) is 0. The highest BCUT2D eigenvalue weighted by Gasteiger charge is 2.17. The Hall–Kier alpha value is -2.66. The standard InChI is InChI=1S/C18H17N3O2/c22-16-9-15-11-20(7-8-21(15)12-17(16)23)10-14-4-1-3-13-5-2-6-19-18(13)14/h1-6,9,12,23H,7-8,10-11H2. The van der Waals surface area contributed by atoms with E-state index in [1.165, 1.54) is 17.8 Å². The lowest BCUT2D eigenvalue weighted by Gasteiger charge is -2.30. The number of benzene rings is 1. The van der Waals surface area contributed by atoms with Gasteiger partial charge in [0.05, 0.1) is 11.7 Å². The SMILES string of the molecule is O=c1cc2n(cc1O)CCN(Cc1cccc3cccnc13)C2. The van der Waals surface area contributed by atoms with E-state index in [2.05, 4.69) is 34.1 Å². The minimum Gasteiger partial charge on any atom is -0.503 e. The van der Waals surface area contributed by atoms with Gasteiger partial charge < -0.3 is 9.67 Å². The number of para-hydroxylation sites is 1. The van der Waals surface area contributed by atoms with Crippen LogP contribution in [0.15, 0.2) is 53.6 Å². The van der Waals surface area contributed by atoms with Gasteiger partial charge in [-0.1, -0.05) is 24.3 Å². The van der Waals surface area contributed by atoms with Gasteiger partial charge in [0.15, 0.2) is 5.75 Å². The molecule has 0 atom stereocenters. The molecule has 2 aromatic heterocycles. The minimum absolute atomic E-state index is 0.180. The fraction of sp³-hybridized carbons (Fsp3) is 0.222. The molecule has 0 saturated heterocycles. The quantitative estimate of drug-likeness (QED) is 0.788. The summed E-state index contributed by atoms with van der Waals surface area (Å²) in [6, 6.07) is 11.8. The molecule has 23 heavy (non-hydrogen) atoms. The summed E-state index contributed by atoms with van der Waals surface area (Å²) in [4.78, 5) is 18.4. The molecule has 1 aliphatic heterocycles. The van der Waals surface area contributed by atoms with Crippen molar-refractivity contribution in [2.75, 3.05) is 6.54 Å². The third-order valence-corrected chi connectivity index (χ3v) is 4.35. The number of hydrogen-bond acceptors (Lipinski definition) is 4. The Balaban J connectivity index is 1.62. The second kappa shape index (κ2) is 5.52. The highest BCUT2D eigenvalue weighted by molar-refractivity contribution is 5.81. The van der Waals surface area contributed by atoms with E-state index < -0.39 is 0 Å². The van der Waals surface area contributed by atoms with Crippen LogP contribution < -0.4 is 5.43 Å². The number of fused-ring (bicyclic) bond motifs is 2. The average molecular weight is 307 g/mol. The predicted molar refractivity (Wildman–Crippen MR) is 88.2 cm³/mol. The van der Waals surface area contributed by atoms with Crippen molar-refractivity contribution in [3.8, 4) is 5.75 Å². The van der Waals surface area contributed by atoms with E-state index in [1.807, 2.05) is 16.8 Å². The van der Waals surface area contributed by atoms with Crippen LogP contribution in [0.2, 0.25) is 0 Å². The van der Waals surface area contributed by atoms with Crippen LogP contribution in [-0.2, 0) is 19.6 Å². The average Bonchev–Trinajstić information content (AvgIpc) is 2.57. The second-order valence-corrected chi connectivity index (χ2v) is 5.91. The molecule has 0 unspecified atom stereocenters. The molecule has 116 valence electrons. The molecule has 0 saturated carbocycles. The van der Waals surface area contributed by atoms with Crippen LogP contribution in [0, 0.1) is 0 Å². The van der Waals surface area contributed by atoms with Crippen molar-refractivity contribution in [1.29, 1.82) is 0 Å². The number of aromatic nitrogens is 2. The Kier molecular flexibility index (Phi) is 3.35. The summed E-state index contributed by atoms with van der Waals surface area (Å²) in [6.45, 7) is 3.13. The van der Waals surface area contributed by atoms with E-state index in [0.717, 1.165) is 36.2 Å². The Morgan fingerprint density at radius 1 is 1.17 bits per heavy atom. The lowest BCUT2D eigenvalue weighted by molar-refractivity contribution is 0.210. The molecule has 1 aliphatic rings. The number of rotatable bonds is 2. The van der Waals surface area contributed by atoms with Gasteiger partial charge in [-0.05, 0) is 11.6 Å². The summed E-state index contributed by atoms with van der Waals surface area (Å²) in [5, 5.41) is 10.7. The Labute approximate surface area is 133 Å². The third-order valence-electron chi connectivity index (χ3n) is 4.35. The maximum Gasteiger partial charge on any atom is 0.223 e. The van der Waals surface area contributed by atoms with Crippen molar-refractivity contribution >= 4 is 10.9 Å². The van der Waals surface area contributed by atoms with Crippen LogP contribution >= 0.6 is 0 Å². The predicted octanol–water partition coefficient (Wildman–Crippen LogP) is 2.12. The first-order valence-corrected chi connectivity index (χ1v) is 7.68. The van der Waals surface area contributed by atoms with Gasteiger partial charge in [-0.2, -0.15) is 0 Å². The van der Waals surface area contributed by atoms with Gasteiger partial charge in [-0.3, -0.25) is 14.7 Å². The zero-order chi connectivity index (χ0) is 15.8. The molecule has 5 nitrogen and oxygen atoms in total. The molecule has 5 heteroatoms. The number of pyridine rings is 2. The first-order chi connectivity index (χ1) is 11.2. The van der Waals surface area contributed by atoms with Crippen LogP contribution in [0.1, 0.15) is 11.3 Å². The molecule has 0 amide bonds. The fourth-order valence-corrected chi connectivity index (χ4v) is 3.18. The first-order valence-electron chi connectivity index (χ1n) is 7.68. The molecule has 1 N–H and O–H groups in total. The maximum atomic E-state index is 11.6. The van der Waals surface area contributed by atoms with Gasteiger partial charge >= 0.3 is 0 Å². The molecule has 4 rings (SSSR count). The number of nitrogens with zero attached hydrogens (tertiary/aromatic N) is 3. The number of aromatic hydroxyl groups is 1. The molecule has 3 heterocycles.